The molecular weight excluding hydrogens is 516 g/mol. The summed E-state index contributed by atoms with van der Waals surface area (Å²) in [4.78, 5) is 24.3. The first kappa shape index (κ1) is 25.8. The molecule has 2 atom stereocenters. The second-order valence-corrected chi connectivity index (χ2v) is 10.3. The minimum Gasteiger partial charge on any atom is -0.494 e. The monoisotopic (exact) mass is 544 g/mol. The Labute approximate surface area is 224 Å². The number of likely N-dealkylation sites (tertiary alicyclic amines) is 1. The fraction of sp³-hybridized carbons (Fsp3) is 0.480. The molecule has 0 saturated carbocycles. The lowest BCUT2D eigenvalue weighted by molar-refractivity contribution is 0.0551. The van der Waals surface area contributed by atoms with E-state index in [1.807, 2.05) is 13.0 Å². The van der Waals surface area contributed by atoms with Crippen LogP contribution in [0.15, 0.2) is 24.5 Å². The van der Waals surface area contributed by atoms with Crippen LogP contribution in [0.2, 0.25) is 5.15 Å². The molecule has 196 valence electrons. The van der Waals surface area contributed by atoms with Gasteiger partial charge in [-0.1, -0.05) is 23.6 Å². The van der Waals surface area contributed by atoms with Gasteiger partial charge in [0, 0.05) is 42.2 Å². The zero-order valence-electron chi connectivity index (χ0n) is 20.8. The number of rotatable bonds is 8. The number of carbonyl (C=O) groups excluding carboxylic acids is 1. The number of nitrogens with zero attached hydrogens (tertiary/aromatic N) is 5. The lowest BCUT2D eigenvalue weighted by Gasteiger charge is -2.35. The molecule has 1 N–H and O–H groups in total. The summed E-state index contributed by atoms with van der Waals surface area (Å²) in [6, 6.07) is 4.00. The first-order valence-electron chi connectivity index (χ1n) is 12.4. The number of methoxy groups -OCH3 is 1. The van der Waals surface area contributed by atoms with Crippen LogP contribution in [0, 0.1) is 0 Å². The van der Waals surface area contributed by atoms with E-state index in [0.717, 1.165) is 51.3 Å². The summed E-state index contributed by atoms with van der Waals surface area (Å²) < 4.78 is 17.2. The highest BCUT2D eigenvalue weighted by molar-refractivity contribution is 7.17. The lowest BCUT2D eigenvalue weighted by Crippen LogP contribution is -2.46. The third-order valence-corrected chi connectivity index (χ3v) is 7.57. The van der Waals surface area contributed by atoms with Gasteiger partial charge in [-0.05, 0) is 55.7 Å². The Bertz CT molecular complexity index is 1250. The van der Waals surface area contributed by atoms with Crippen molar-refractivity contribution >= 4 is 34.0 Å². The van der Waals surface area contributed by atoms with Crippen LogP contribution in [0.1, 0.15) is 42.2 Å². The molecule has 10 nitrogen and oxygen atoms in total. The van der Waals surface area contributed by atoms with E-state index in [-0.39, 0.29) is 12.0 Å². The lowest BCUT2D eigenvalue weighted by atomic mass is 9.99. The second-order valence-electron chi connectivity index (χ2n) is 9.00. The molecule has 2 fully saturated rings. The number of amides is 1. The molecule has 0 aliphatic carbocycles. The van der Waals surface area contributed by atoms with Crippen molar-refractivity contribution in [2.24, 2.45) is 0 Å². The molecule has 12 heteroatoms. The molecular formula is C25H29ClN6O4S. The zero-order chi connectivity index (χ0) is 25.8. The largest absolute Gasteiger partial charge is 0.494 e. The van der Waals surface area contributed by atoms with E-state index in [2.05, 4.69) is 30.4 Å². The third-order valence-electron chi connectivity index (χ3n) is 6.64. The SMILES string of the molecule is CCc1cc(-c2cc(Cl)ncc2OC)c(C(=O)Nc2nnc(OC3CCCN(C4CCOC4)C3)s2)cn1. The second kappa shape index (κ2) is 11.7. The zero-order valence-corrected chi connectivity index (χ0v) is 22.3. The number of pyridine rings is 2. The Balaban J connectivity index is 1.30. The van der Waals surface area contributed by atoms with E-state index < -0.39 is 0 Å². The molecule has 3 aromatic rings. The maximum Gasteiger partial charge on any atom is 0.296 e. The van der Waals surface area contributed by atoms with Crippen LogP contribution in [-0.4, -0.2) is 76.5 Å². The maximum atomic E-state index is 13.3. The fourth-order valence-corrected chi connectivity index (χ4v) is 5.52. The molecule has 37 heavy (non-hydrogen) atoms. The number of hydrogen-bond acceptors (Lipinski definition) is 10. The molecule has 2 aliphatic rings. The van der Waals surface area contributed by atoms with Crippen molar-refractivity contribution in [3.8, 4) is 22.1 Å². The van der Waals surface area contributed by atoms with Crippen molar-refractivity contribution in [2.45, 2.75) is 44.8 Å². The predicted molar refractivity (Wildman–Crippen MR) is 141 cm³/mol. The first-order chi connectivity index (χ1) is 18.0. The van der Waals surface area contributed by atoms with E-state index in [1.54, 1.807) is 19.4 Å². The highest BCUT2D eigenvalue weighted by Crippen LogP contribution is 2.35. The van der Waals surface area contributed by atoms with Crippen LogP contribution in [0.5, 0.6) is 10.9 Å². The average molecular weight is 545 g/mol. The van der Waals surface area contributed by atoms with Gasteiger partial charge in [-0.15, -0.1) is 5.10 Å². The van der Waals surface area contributed by atoms with Crippen molar-refractivity contribution in [1.82, 2.24) is 25.1 Å². The van der Waals surface area contributed by atoms with Crippen LogP contribution < -0.4 is 14.8 Å². The summed E-state index contributed by atoms with van der Waals surface area (Å²) in [6.45, 7) is 5.51. The normalized spacial score (nSPS) is 20.1. The van der Waals surface area contributed by atoms with Crippen LogP contribution in [0.3, 0.4) is 0 Å². The molecule has 0 bridgehead atoms. The molecule has 2 aliphatic heterocycles. The summed E-state index contributed by atoms with van der Waals surface area (Å²) in [7, 11) is 1.55. The van der Waals surface area contributed by atoms with Crippen LogP contribution in [-0.2, 0) is 11.2 Å². The number of ether oxygens (including phenoxy) is 3. The van der Waals surface area contributed by atoms with E-state index in [0.29, 0.717) is 50.4 Å². The molecule has 2 saturated heterocycles. The molecule has 0 aromatic carbocycles. The number of halogens is 1. The van der Waals surface area contributed by atoms with Crippen LogP contribution in [0.25, 0.3) is 11.1 Å². The standard InChI is InChI=1S/C25H29ClN6O4S/c1-3-15-9-18(19-10-22(26)28-12-21(19)34-2)20(11-27-15)23(33)29-24-30-31-25(37-24)36-17-5-4-7-32(13-17)16-6-8-35-14-16/h9-12,16-17H,3-8,13-14H2,1-2H3,(H,29,30,33). The third kappa shape index (κ3) is 6.01. The Kier molecular flexibility index (Phi) is 8.14. The summed E-state index contributed by atoms with van der Waals surface area (Å²) in [6.07, 6.45) is 6.92. The first-order valence-corrected chi connectivity index (χ1v) is 13.6. The van der Waals surface area contributed by atoms with Gasteiger partial charge in [-0.3, -0.25) is 20.0 Å². The highest BCUT2D eigenvalue weighted by atomic mass is 35.5. The van der Waals surface area contributed by atoms with Gasteiger partial charge in [-0.25, -0.2) is 4.98 Å². The number of piperidine rings is 1. The number of nitrogens with one attached hydrogen (secondary N) is 1. The Hall–Kier alpha value is -2.86. The summed E-state index contributed by atoms with van der Waals surface area (Å²) in [5, 5.41) is 12.2. The Morgan fingerprint density at radius 3 is 2.92 bits per heavy atom. The van der Waals surface area contributed by atoms with E-state index in [4.69, 9.17) is 25.8 Å². The van der Waals surface area contributed by atoms with Crippen molar-refractivity contribution in [2.75, 3.05) is 38.7 Å². The van der Waals surface area contributed by atoms with Gasteiger partial charge in [-0.2, -0.15) is 0 Å². The summed E-state index contributed by atoms with van der Waals surface area (Å²) >= 11 is 7.37. The molecule has 0 radical (unpaired) electrons. The smallest absolute Gasteiger partial charge is 0.296 e. The van der Waals surface area contributed by atoms with Gasteiger partial charge in [0.25, 0.3) is 11.1 Å². The number of hydrogen-bond donors (Lipinski definition) is 1. The number of carbonyl (C=O) groups is 1. The van der Waals surface area contributed by atoms with Gasteiger partial charge >= 0.3 is 0 Å². The number of aryl methyl sites for hydroxylation is 1. The molecule has 2 unspecified atom stereocenters. The average Bonchev–Trinajstić information content (AvgIpc) is 3.61. The number of aromatic nitrogens is 4. The number of anilines is 1. The predicted octanol–water partition coefficient (Wildman–Crippen LogP) is 4.10. The topological polar surface area (TPSA) is 112 Å². The quantitative estimate of drug-likeness (QED) is 0.419. The summed E-state index contributed by atoms with van der Waals surface area (Å²) in [5.74, 6) is 0.136. The Morgan fingerprint density at radius 1 is 1.24 bits per heavy atom. The molecule has 5 heterocycles. The van der Waals surface area contributed by atoms with Gasteiger partial charge in [0.05, 0.1) is 25.5 Å². The van der Waals surface area contributed by atoms with E-state index >= 15 is 0 Å². The Morgan fingerprint density at radius 2 is 2.14 bits per heavy atom. The maximum absolute atomic E-state index is 13.3. The van der Waals surface area contributed by atoms with Gasteiger partial charge in [0.15, 0.2) is 0 Å². The van der Waals surface area contributed by atoms with Crippen LogP contribution >= 0.6 is 22.9 Å². The molecule has 3 aromatic heterocycles. The van der Waals surface area contributed by atoms with Crippen molar-refractivity contribution in [3.63, 3.8) is 0 Å². The van der Waals surface area contributed by atoms with Gasteiger partial charge < -0.3 is 14.2 Å². The minimum atomic E-state index is -0.368. The van der Waals surface area contributed by atoms with Crippen molar-refractivity contribution < 1.29 is 19.0 Å². The minimum absolute atomic E-state index is 0.0344. The van der Waals surface area contributed by atoms with Crippen LogP contribution in [0.4, 0.5) is 5.13 Å². The van der Waals surface area contributed by atoms with Crippen molar-refractivity contribution in [3.05, 3.63) is 40.9 Å². The highest BCUT2D eigenvalue weighted by Gasteiger charge is 2.30. The van der Waals surface area contributed by atoms with Crippen molar-refractivity contribution in [1.29, 1.82) is 0 Å². The van der Waals surface area contributed by atoms with E-state index in [9.17, 15) is 4.79 Å². The van der Waals surface area contributed by atoms with E-state index in [1.165, 1.54) is 17.5 Å². The van der Waals surface area contributed by atoms with Gasteiger partial charge in [0.1, 0.15) is 17.0 Å². The van der Waals surface area contributed by atoms with Gasteiger partial charge in [0.2, 0.25) is 5.13 Å². The fourth-order valence-electron chi connectivity index (χ4n) is 4.71. The molecule has 0 spiro atoms. The molecule has 1 amide bonds. The molecule has 5 rings (SSSR count). The summed E-state index contributed by atoms with van der Waals surface area (Å²) in [5.41, 5.74) is 2.49.